The van der Waals surface area contributed by atoms with Gasteiger partial charge >= 0.3 is 0 Å². The fourth-order valence-corrected chi connectivity index (χ4v) is 4.89. The Hall–Kier alpha value is -0.530. The highest BCUT2D eigenvalue weighted by Gasteiger charge is 2.42. The Bertz CT molecular complexity index is 466. The molecule has 0 aliphatic heterocycles. The molecule has 1 nitrogen and oxygen atoms in total. The quantitative estimate of drug-likeness (QED) is 0.794. The Morgan fingerprint density at radius 1 is 1.05 bits per heavy atom. The molecule has 2 fully saturated rings. The molecule has 2 aliphatic rings. The van der Waals surface area contributed by atoms with Gasteiger partial charge in [0.2, 0.25) is 0 Å². The molecule has 2 atom stereocenters. The highest BCUT2D eigenvalue weighted by Crippen LogP contribution is 2.45. The van der Waals surface area contributed by atoms with Crippen LogP contribution >= 0.6 is 11.6 Å². The Kier molecular flexibility index (Phi) is 4.91. The third kappa shape index (κ3) is 3.63. The minimum absolute atomic E-state index is 0.491. The predicted molar refractivity (Wildman–Crippen MR) is 88.6 cm³/mol. The molecular formula is C19H27ClO. The van der Waals surface area contributed by atoms with E-state index in [2.05, 4.69) is 6.07 Å². The molecule has 2 heteroatoms. The molecule has 0 aromatic heterocycles. The first kappa shape index (κ1) is 15.4. The molecule has 0 spiro atoms. The first-order valence-corrected chi connectivity index (χ1v) is 9.02. The van der Waals surface area contributed by atoms with Gasteiger partial charge in [0.05, 0.1) is 5.60 Å². The highest BCUT2D eigenvalue weighted by molar-refractivity contribution is 6.30. The van der Waals surface area contributed by atoms with Gasteiger partial charge in [-0.05, 0) is 42.4 Å². The second kappa shape index (κ2) is 6.71. The van der Waals surface area contributed by atoms with Crippen LogP contribution in [0.25, 0.3) is 0 Å². The average molecular weight is 307 g/mol. The van der Waals surface area contributed by atoms with Crippen molar-refractivity contribution in [2.45, 2.75) is 69.8 Å². The molecule has 3 rings (SSSR count). The van der Waals surface area contributed by atoms with Crippen LogP contribution < -0.4 is 0 Å². The maximum absolute atomic E-state index is 11.4. The maximum Gasteiger partial charge on any atom is 0.0718 e. The second-order valence-electron chi connectivity index (χ2n) is 7.16. The molecule has 0 heterocycles. The number of hydrogen-bond donors (Lipinski definition) is 1. The number of hydrogen-bond acceptors (Lipinski definition) is 1. The molecule has 0 amide bonds. The van der Waals surface area contributed by atoms with E-state index in [-0.39, 0.29) is 0 Å². The molecule has 0 bridgehead atoms. The van der Waals surface area contributed by atoms with Crippen LogP contribution in [0.1, 0.15) is 63.4 Å². The van der Waals surface area contributed by atoms with Crippen LogP contribution in [-0.2, 0) is 6.42 Å². The molecule has 2 unspecified atom stereocenters. The first-order chi connectivity index (χ1) is 10.2. The summed E-state index contributed by atoms with van der Waals surface area (Å²) in [5.74, 6) is 1.23. The van der Waals surface area contributed by atoms with Crippen molar-refractivity contribution in [2.75, 3.05) is 0 Å². The van der Waals surface area contributed by atoms with Gasteiger partial charge in [0.1, 0.15) is 0 Å². The summed E-state index contributed by atoms with van der Waals surface area (Å²) in [6.07, 6.45) is 12.1. The third-order valence-electron chi connectivity index (χ3n) is 5.68. The van der Waals surface area contributed by atoms with Crippen molar-refractivity contribution in [3.63, 3.8) is 0 Å². The number of benzene rings is 1. The minimum Gasteiger partial charge on any atom is -0.389 e. The molecule has 21 heavy (non-hydrogen) atoms. The predicted octanol–water partition coefficient (Wildman–Crippen LogP) is 5.38. The lowest BCUT2D eigenvalue weighted by Crippen LogP contribution is -2.46. The van der Waals surface area contributed by atoms with E-state index in [1.165, 1.54) is 56.9 Å². The topological polar surface area (TPSA) is 20.2 Å². The lowest BCUT2D eigenvalue weighted by Gasteiger charge is -2.45. The van der Waals surface area contributed by atoms with E-state index in [1.807, 2.05) is 18.2 Å². The standard InChI is InChI=1S/C19H27ClO/c20-17-10-6-7-15(13-17)14-19(21)12-5-4-11-18(19)16-8-2-1-3-9-16/h6-7,10,13,16,18,21H,1-5,8-9,11-12,14H2. The molecule has 1 aromatic carbocycles. The van der Waals surface area contributed by atoms with Crippen molar-refractivity contribution >= 4 is 11.6 Å². The fraction of sp³-hybridized carbons (Fsp3) is 0.684. The smallest absolute Gasteiger partial charge is 0.0718 e. The highest BCUT2D eigenvalue weighted by atomic mass is 35.5. The SMILES string of the molecule is OC1(Cc2cccc(Cl)c2)CCCCC1C1CCCCC1. The summed E-state index contributed by atoms with van der Waals surface area (Å²) in [7, 11) is 0. The molecule has 0 radical (unpaired) electrons. The Balaban J connectivity index is 1.77. The molecule has 1 aromatic rings. The zero-order valence-corrected chi connectivity index (χ0v) is 13.6. The van der Waals surface area contributed by atoms with Crippen LogP contribution in [0.2, 0.25) is 5.02 Å². The normalized spacial score (nSPS) is 31.2. The van der Waals surface area contributed by atoms with Gasteiger partial charge in [0, 0.05) is 11.4 Å². The minimum atomic E-state index is -0.509. The van der Waals surface area contributed by atoms with Crippen molar-refractivity contribution in [1.82, 2.24) is 0 Å². The van der Waals surface area contributed by atoms with Crippen LogP contribution in [0.15, 0.2) is 24.3 Å². The van der Waals surface area contributed by atoms with Crippen LogP contribution in [0.4, 0.5) is 0 Å². The Labute approximate surface area is 133 Å². The van der Waals surface area contributed by atoms with Crippen molar-refractivity contribution in [3.8, 4) is 0 Å². The van der Waals surface area contributed by atoms with Gasteiger partial charge < -0.3 is 5.11 Å². The first-order valence-electron chi connectivity index (χ1n) is 8.64. The molecule has 2 saturated carbocycles. The van der Waals surface area contributed by atoms with Gasteiger partial charge in [0.25, 0.3) is 0 Å². The molecular weight excluding hydrogens is 280 g/mol. The lowest BCUT2D eigenvalue weighted by atomic mass is 9.64. The maximum atomic E-state index is 11.4. The summed E-state index contributed by atoms with van der Waals surface area (Å²) in [5.41, 5.74) is 0.679. The summed E-state index contributed by atoms with van der Waals surface area (Å²) < 4.78 is 0. The van der Waals surface area contributed by atoms with E-state index in [0.717, 1.165) is 23.8 Å². The summed E-state index contributed by atoms with van der Waals surface area (Å²) in [6.45, 7) is 0. The molecule has 1 N–H and O–H groups in total. The van der Waals surface area contributed by atoms with Crippen molar-refractivity contribution in [3.05, 3.63) is 34.9 Å². The van der Waals surface area contributed by atoms with Gasteiger partial charge in [-0.3, -0.25) is 0 Å². The van der Waals surface area contributed by atoms with Crippen LogP contribution in [0.3, 0.4) is 0 Å². The van der Waals surface area contributed by atoms with Gasteiger partial charge in [-0.2, -0.15) is 0 Å². The fourth-order valence-electron chi connectivity index (χ4n) is 4.68. The van der Waals surface area contributed by atoms with Gasteiger partial charge in [0.15, 0.2) is 0 Å². The van der Waals surface area contributed by atoms with E-state index in [0.29, 0.717) is 5.92 Å². The largest absolute Gasteiger partial charge is 0.389 e. The number of aliphatic hydroxyl groups is 1. The van der Waals surface area contributed by atoms with E-state index in [9.17, 15) is 5.11 Å². The zero-order chi connectivity index (χ0) is 14.7. The Morgan fingerprint density at radius 3 is 2.57 bits per heavy atom. The van der Waals surface area contributed by atoms with Crippen LogP contribution in [0.5, 0.6) is 0 Å². The zero-order valence-electron chi connectivity index (χ0n) is 12.9. The van der Waals surface area contributed by atoms with Gasteiger partial charge in [-0.25, -0.2) is 0 Å². The van der Waals surface area contributed by atoms with E-state index < -0.39 is 5.60 Å². The van der Waals surface area contributed by atoms with Crippen LogP contribution in [-0.4, -0.2) is 10.7 Å². The number of halogens is 1. The third-order valence-corrected chi connectivity index (χ3v) is 5.92. The summed E-state index contributed by atoms with van der Waals surface area (Å²) in [6, 6.07) is 8.04. The summed E-state index contributed by atoms with van der Waals surface area (Å²) in [4.78, 5) is 0. The second-order valence-corrected chi connectivity index (χ2v) is 7.60. The lowest BCUT2D eigenvalue weighted by molar-refractivity contribution is -0.0766. The van der Waals surface area contributed by atoms with E-state index in [1.54, 1.807) is 0 Å². The van der Waals surface area contributed by atoms with Crippen molar-refractivity contribution < 1.29 is 5.11 Å². The molecule has 116 valence electrons. The molecule has 0 saturated heterocycles. The van der Waals surface area contributed by atoms with E-state index in [4.69, 9.17) is 11.6 Å². The van der Waals surface area contributed by atoms with Gasteiger partial charge in [-0.15, -0.1) is 0 Å². The Morgan fingerprint density at radius 2 is 1.81 bits per heavy atom. The monoisotopic (exact) mass is 306 g/mol. The van der Waals surface area contributed by atoms with Crippen molar-refractivity contribution in [2.24, 2.45) is 11.8 Å². The molecule has 2 aliphatic carbocycles. The van der Waals surface area contributed by atoms with Gasteiger partial charge in [-0.1, -0.05) is 68.7 Å². The van der Waals surface area contributed by atoms with Crippen LogP contribution in [0, 0.1) is 11.8 Å². The number of rotatable bonds is 3. The summed E-state index contributed by atoms with van der Waals surface area (Å²) >= 11 is 6.11. The average Bonchev–Trinajstić information content (AvgIpc) is 2.48. The van der Waals surface area contributed by atoms with E-state index >= 15 is 0 Å². The summed E-state index contributed by atoms with van der Waals surface area (Å²) in [5, 5.41) is 12.2. The van der Waals surface area contributed by atoms with Crippen molar-refractivity contribution in [1.29, 1.82) is 0 Å².